The van der Waals surface area contributed by atoms with Gasteiger partial charge in [0.1, 0.15) is 0 Å². The molecule has 0 bridgehead atoms. The molecular weight excluding hydrogens is 164 g/mol. The summed E-state index contributed by atoms with van der Waals surface area (Å²) in [5.41, 5.74) is 8.85. The molecule has 2 aromatic rings. The van der Waals surface area contributed by atoms with Crippen LogP contribution >= 0.6 is 0 Å². The Morgan fingerprint density at radius 1 is 1.46 bits per heavy atom. The first-order valence-corrected chi connectivity index (χ1v) is 4.36. The second-order valence-electron chi connectivity index (χ2n) is 3.22. The van der Waals surface area contributed by atoms with Crippen molar-refractivity contribution < 1.29 is 4.52 Å². The van der Waals surface area contributed by atoms with Crippen molar-refractivity contribution in [1.82, 2.24) is 5.16 Å². The van der Waals surface area contributed by atoms with Crippen LogP contribution in [0.2, 0.25) is 0 Å². The molecule has 0 radical (unpaired) electrons. The fourth-order valence-electron chi connectivity index (χ4n) is 1.55. The number of fused-ring (bicyclic) bond motifs is 1. The monoisotopic (exact) mass is 176 g/mol. The summed E-state index contributed by atoms with van der Waals surface area (Å²) in [6.45, 7) is 4.14. The first kappa shape index (κ1) is 8.10. The molecule has 0 saturated carbocycles. The minimum absolute atomic E-state index is 0.480. The number of nitrogens with zero attached hydrogens (tertiary/aromatic N) is 1. The van der Waals surface area contributed by atoms with Crippen LogP contribution in [0.3, 0.4) is 0 Å². The number of nitrogen functional groups attached to an aromatic ring is 1. The molecule has 1 heterocycles. The first-order chi connectivity index (χ1) is 6.22. The van der Waals surface area contributed by atoms with Crippen molar-refractivity contribution in [3.8, 4) is 0 Å². The molecule has 0 aliphatic carbocycles. The minimum atomic E-state index is 0.480. The molecule has 1 aromatic heterocycles. The summed E-state index contributed by atoms with van der Waals surface area (Å²) in [5, 5.41) is 4.68. The van der Waals surface area contributed by atoms with E-state index < -0.39 is 0 Å². The van der Waals surface area contributed by atoms with Crippen LogP contribution in [0.1, 0.15) is 18.1 Å². The lowest BCUT2D eigenvalue weighted by atomic mass is 10.1. The van der Waals surface area contributed by atoms with Crippen molar-refractivity contribution in [2.24, 2.45) is 0 Å². The summed E-state index contributed by atoms with van der Waals surface area (Å²) in [4.78, 5) is 0. The SMILES string of the molecule is CCc1cc(C)cc2c(N)noc12. The number of aromatic nitrogens is 1. The lowest BCUT2D eigenvalue weighted by Crippen LogP contribution is -1.86. The lowest BCUT2D eigenvalue weighted by Gasteiger charge is -1.98. The highest BCUT2D eigenvalue weighted by Gasteiger charge is 2.08. The van der Waals surface area contributed by atoms with Gasteiger partial charge in [-0.25, -0.2) is 0 Å². The summed E-state index contributed by atoms with van der Waals surface area (Å²) >= 11 is 0. The Balaban J connectivity index is 2.84. The summed E-state index contributed by atoms with van der Waals surface area (Å²) in [6, 6.07) is 4.10. The maximum Gasteiger partial charge on any atom is 0.174 e. The number of rotatable bonds is 1. The number of aryl methyl sites for hydroxylation is 2. The van der Waals surface area contributed by atoms with Gasteiger partial charge in [-0.1, -0.05) is 18.1 Å². The molecule has 3 heteroatoms. The van der Waals surface area contributed by atoms with Crippen LogP contribution in [0.15, 0.2) is 16.7 Å². The summed E-state index contributed by atoms with van der Waals surface area (Å²) in [7, 11) is 0. The van der Waals surface area contributed by atoms with Crippen LogP contribution in [-0.4, -0.2) is 5.16 Å². The minimum Gasteiger partial charge on any atom is -0.380 e. The quantitative estimate of drug-likeness (QED) is 0.725. The van der Waals surface area contributed by atoms with E-state index in [1.807, 2.05) is 13.0 Å². The Morgan fingerprint density at radius 3 is 2.92 bits per heavy atom. The van der Waals surface area contributed by atoms with Gasteiger partial charge in [0.05, 0.1) is 5.39 Å². The molecule has 13 heavy (non-hydrogen) atoms. The molecule has 0 fully saturated rings. The average Bonchev–Trinajstić information content (AvgIpc) is 2.47. The van der Waals surface area contributed by atoms with Gasteiger partial charge in [-0.05, 0) is 30.5 Å². The molecule has 0 saturated heterocycles. The predicted molar refractivity (Wildman–Crippen MR) is 52.5 cm³/mol. The molecule has 0 spiro atoms. The molecule has 2 rings (SSSR count). The van der Waals surface area contributed by atoms with Crippen LogP contribution < -0.4 is 5.73 Å². The van der Waals surface area contributed by atoms with Gasteiger partial charge in [0.2, 0.25) is 0 Å². The van der Waals surface area contributed by atoms with Crippen molar-refractivity contribution >= 4 is 16.8 Å². The van der Waals surface area contributed by atoms with Gasteiger partial charge in [0, 0.05) is 0 Å². The van der Waals surface area contributed by atoms with Crippen molar-refractivity contribution in [2.75, 3.05) is 5.73 Å². The van der Waals surface area contributed by atoms with Gasteiger partial charge in [-0.2, -0.15) is 0 Å². The third-order valence-corrected chi connectivity index (χ3v) is 2.20. The number of hydrogen-bond donors (Lipinski definition) is 1. The molecule has 2 N–H and O–H groups in total. The second-order valence-corrected chi connectivity index (χ2v) is 3.22. The van der Waals surface area contributed by atoms with E-state index in [-0.39, 0.29) is 0 Å². The molecule has 3 nitrogen and oxygen atoms in total. The molecular formula is C10H12N2O. The van der Waals surface area contributed by atoms with E-state index in [0.29, 0.717) is 5.82 Å². The van der Waals surface area contributed by atoms with Crippen molar-refractivity contribution in [2.45, 2.75) is 20.3 Å². The van der Waals surface area contributed by atoms with Crippen LogP contribution in [0.25, 0.3) is 11.0 Å². The van der Waals surface area contributed by atoms with E-state index in [2.05, 4.69) is 18.1 Å². The Morgan fingerprint density at radius 2 is 2.23 bits per heavy atom. The molecule has 0 atom stereocenters. The molecule has 0 aliphatic rings. The third-order valence-electron chi connectivity index (χ3n) is 2.20. The summed E-state index contributed by atoms with van der Waals surface area (Å²) in [5.74, 6) is 0.480. The Labute approximate surface area is 76.5 Å². The smallest absolute Gasteiger partial charge is 0.174 e. The highest BCUT2D eigenvalue weighted by atomic mass is 16.5. The van der Waals surface area contributed by atoms with Gasteiger partial charge in [-0.3, -0.25) is 0 Å². The third kappa shape index (κ3) is 1.16. The summed E-state index contributed by atoms with van der Waals surface area (Å²) in [6.07, 6.45) is 0.937. The van der Waals surface area contributed by atoms with Crippen molar-refractivity contribution in [3.05, 3.63) is 23.3 Å². The van der Waals surface area contributed by atoms with Gasteiger partial charge in [-0.15, -0.1) is 0 Å². The van der Waals surface area contributed by atoms with E-state index in [1.54, 1.807) is 0 Å². The normalized spacial score (nSPS) is 10.9. The van der Waals surface area contributed by atoms with E-state index in [1.165, 1.54) is 11.1 Å². The van der Waals surface area contributed by atoms with Crippen LogP contribution in [-0.2, 0) is 6.42 Å². The lowest BCUT2D eigenvalue weighted by molar-refractivity contribution is 0.458. The van der Waals surface area contributed by atoms with Gasteiger partial charge < -0.3 is 10.3 Å². The van der Waals surface area contributed by atoms with Crippen LogP contribution in [0.5, 0.6) is 0 Å². The average molecular weight is 176 g/mol. The maximum absolute atomic E-state index is 5.66. The Kier molecular flexibility index (Phi) is 1.72. The molecule has 68 valence electrons. The number of nitrogens with two attached hydrogens (primary N) is 1. The van der Waals surface area contributed by atoms with E-state index in [4.69, 9.17) is 10.3 Å². The second kappa shape index (κ2) is 2.76. The molecule has 1 aromatic carbocycles. The zero-order valence-corrected chi connectivity index (χ0v) is 7.79. The zero-order valence-electron chi connectivity index (χ0n) is 7.79. The maximum atomic E-state index is 5.66. The zero-order chi connectivity index (χ0) is 9.42. The van der Waals surface area contributed by atoms with E-state index in [9.17, 15) is 0 Å². The fraction of sp³-hybridized carbons (Fsp3) is 0.300. The van der Waals surface area contributed by atoms with Gasteiger partial charge >= 0.3 is 0 Å². The van der Waals surface area contributed by atoms with Crippen molar-refractivity contribution in [3.63, 3.8) is 0 Å². The standard InChI is InChI=1S/C10H12N2O/c1-3-7-4-6(2)5-8-9(7)13-12-10(8)11/h4-5H,3H2,1-2H3,(H2,11,12). The van der Waals surface area contributed by atoms with Crippen LogP contribution in [0.4, 0.5) is 5.82 Å². The molecule has 0 amide bonds. The highest BCUT2D eigenvalue weighted by molar-refractivity contribution is 5.89. The first-order valence-electron chi connectivity index (χ1n) is 4.36. The molecule has 0 aliphatic heterocycles. The Bertz CT molecular complexity index is 445. The highest BCUT2D eigenvalue weighted by Crippen LogP contribution is 2.25. The largest absolute Gasteiger partial charge is 0.380 e. The fourth-order valence-corrected chi connectivity index (χ4v) is 1.55. The predicted octanol–water partition coefficient (Wildman–Crippen LogP) is 2.28. The van der Waals surface area contributed by atoms with E-state index in [0.717, 1.165) is 17.4 Å². The van der Waals surface area contributed by atoms with E-state index >= 15 is 0 Å². The van der Waals surface area contributed by atoms with Gasteiger partial charge in [0.15, 0.2) is 11.4 Å². The van der Waals surface area contributed by atoms with Crippen LogP contribution in [0, 0.1) is 6.92 Å². The molecule has 0 unspecified atom stereocenters. The van der Waals surface area contributed by atoms with Gasteiger partial charge in [0.25, 0.3) is 0 Å². The summed E-state index contributed by atoms with van der Waals surface area (Å²) < 4.78 is 5.15. The number of benzene rings is 1. The number of hydrogen-bond acceptors (Lipinski definition) is 3. The topological polar surface area (TPSA) is 52.0 Å². The number of anilines is 1. The van der Waals surface area contributed by atoms with Crippen molar-refractivity contribution in [1.29, 1.82) is 0 Å². The Hall–Kier alpha value is -1.51.